The van der Waals surface area contributed by atoms with Crippen LogP contribution in [0.2, 0.25) is 0 Å². The van der Waals surface area contributed by atoms with E-state index < -0.39 is 22.4 Å². The molecule has 0 fully saturated rings. The van der Waals surface area contributed by atoms with E-state index in [9.17, 15) is 21.6 Å². The molecular formula is C17H14F3N3O2S. The van der Waals surface area contributed by atoms with Crippen molar-refractivity contribution >= 4 is 9.84 Å². The maximum atomic E-state index is 12.7. The molecule has 0 spiro atoms. The summed E-state index contributed by atoms with van der Waals surface area (Å²) in [5, 5.41) is 0. The molecule has 3 rings (SSSR count). The quantitative estimate of drug-likeness (QED) is 0.694. The molecule has 9 heteroatoms. The van der Waals surface area contributed by atoms with Crippen molar-refractivity contribution in [3.05, 3.63) is 60.7 Å². The summed E-state index contributed by atoms with van der Waals surface area (Å²) in [5.74, 6) is 0.296. The van der Waals surface area contributed by atoms with Crippen LogP contribution in [0.1, 0.15) is 5.69 Å². The zero-order chi connectivity index (χ0) is 18.9. The first-order chi connectivity index (χ1) is 12.1. The first-order valence-electron chi connectivity index (χ1n) is 7.49. The van der Waals surface area contributed by atoms with E-state index >= 15 is 0 Å². The number of imidazole rings is 1. The van der Waals surface area contributed by atoms with E-state index in [1.807, 2.05) is 0 Å². The van der Waals surface area contributed by atoms with Gasteiger partial charge >= 0.3 is 6.18 Å². The van der Waals surface area contributed by atoms with Gasteiger partial charge in [-0.2, -0.15) is 13.2 Å². The van der Waals surface area contributed by atoms with Crippen LogP contribution in [0.25, 0.3) is 17.1 Å². The summed E-state index contributed by atoms with van der Waals surface area (Å²) in [6, 6.07) is 9.20. The molecule has 0 amide bonds. The van der Waals surface area contributed by atoms with Crippen molar-refractivity contribution in [2.75, 3.05) is 6.26 Å². The Kier molecular flexibility index (Phi) is 4.57. The van der Waals surface area contributed by atoms with Crippen molar-refractivity contribution in [3.63, 3.8) is 0 Å². The maximum Gasteiger partial charge on any atom is 0.394 e. The third-order valence-electron chi connectivity index (χ3n) is 3.60. The van der Waals surface area contributed by atoms with E-state index in [0.717, 1.165) is 6.26 Å². The van der Waals surface area contributed by atoms with E-state index in [1.54, 1.807) is 18.3 Å². The summed E-state index contributed by atoms with van der Waals surface area (Å²) in [7, 11) is -3.37. The van der Waals surface area contributed by atoms with Gasteiger partial charge in [-0.05, 0) is 36.4 Å². The molecule has 0 bridgehead atoms. The Morgan fingerprint density at radius 1 is 1.12 bits per heavy atom. The predicted octanol–water partition coefficient (Wildman–Crippen LogP) is 3.44. The molecule has 0 unspecified atom stereocenters. The molecule has 0 aliphatic carbocycles. The van der Waals surface area contributed by atoms with Crippen molar-refractivity contribution < 1.29 is 21.6 Å². The Morgan fingerprint density at radius 3 is 2.35 bits per heavy atom. The highest BCUT2D eigenvalue weighted by molar-refractivity contribution is 7.90. The van der Waals surface area contributed by atoms with Gasteiger partial charge in [0.05, 0.1) is 17.0 Å². The largest absolute Gasteiger partial charge is 0.394 e. The Balaban J connectivity index is 2.10. The molecule has 5 nitrogen and oxygen atoms in total. The molecule has 0 aliphatic heterocycles. The molecule has 0 saturated heterocycles. The van der Waals surface area contributed by atoms with Gasteiger partial charge in [0.25, 0.3) is 0 Å². The van der Waals surface area contributed by atoms with E-state index in [4.69, 9.17) is 0 Å². The number of halogens is 3. The predicted molar refractivity (Wildman–Crippen MR) is 89.7 cm³/mol. The standard InChI is InChI=1S/C17H14F3N3O2S/c1-26(24,25)15-6-4-14(5-7-15)23-11-13(9-17(18,19)20)22-16(23)12-3-2-8-21-10-12/h2-8,10-11H,9H2,1H3. The highest BCUT2D eigenvalue weighted by Gasteiger charge is 2.30. The van der Waals surface area contributed by atoms with Crippen LogP contribution in [0.3, 0.4) is 0 Å². The van der Waals surface area contributed by atoms with Crippen molar-refractivity contribution in [1.29, 1.82) is 0 Å². The lowest BCUT2D eigenvalue weighted by atomic mass is 10.2. The number of pyridine rings is 1. The second-order valence-electron chi connectivity index (χ2n) is 5.73. The Morgan fingerprint density at radius 2 is 1.81 bits per heavy atom. The fourth-order valence-electron chi connectivity index (χ4n) is 2.47. The molecule has 1 aromatic carbocycles. The zero-order valence-electron chi connectivity index (χ0n) is 13.6. The van der Waals surface area contributed by atoms with Crippen LogP contribution in [0.5, 0.6) is 0 Å². The van der Waals surface area contributed by atoms with Crippen LogP contribution < -0.4 is 0 Å². The number of hydrogen-bond acceptors (Lipinski definition) is 4. The van der Waals surface area contributed by atoms with Crippen LogP contribution in [0.15, 0.2) is 59.9 Å². The normalized spacial score (nSPS) is 12.3. The molecule has 0 aliphatic rings. The highest BCUT2D eigenvalue weighted by atomic mass is 32.2. The summed E-state index contributed by atoms with van der Waals surface area (Å²) in [4.78, 5) is 8.19. The van der Waals surface area contributed by atoms with Gasteiger partial charge < -0.3 is 0 Å². The van der Waals surface area contributed by atoms with Crippen LogP contribution in [-0.4, -0.2) is 35.4 Å². The van der Waals surface area contributed by atoms with E-state index in [-0.39, 0.29) is 10.6 Å². The van der Waals surface area contributed by atoms with Crippen LogP contribution in [-0.2, 0) is 16.3 Å². The molecule has 0 atom stereocenters. The fraction of sp³-hybridized carbons (Fsp3) is 0.176. The van der Waals surface area contributed by atoms with Crippen molar-refractivity contribution in [2.45, 2.75) is 17.5 Å². The summed E-state index contributed by atoms with van der Waals surface area (Å²) >= 11 is 0. The first-order valence-corrected chi connectivity index (χ1v) is 9.38. The zero-order valence-corrected chi connectivity index (χ0v) is 14.4. The van der Waals surface area contributed by atoms with Crippen LogP contribution >= 0.6 is 0 Å². The van der Waals surface area contributed by atoms with Crippen molar-refractivity contribution in [1.82, 2.24) is 14.5 Å². The molecule has 0 N–H and O–H groups in total. The molecule has 2 heterocycles. The molecule has 0 saturated carbocycles. The van der Waals surface area contributed by atoms with E-state index in [0.29, 0.717) is 17.1 Å². The SMILES string of the molecule is CS(=O)(=O)c1ccc(-n2cc(CC(F)(F)F)nc2-c2cccnc2)cc1. The number of aromatic nitrogens is 3. The molecule has 2 aromatic heterocycles. The van der Waals surface area contributed by atoms with Crippen molar-refractivity contribution in [2.24, 2.45) is 0 Å². The van der Waals surface area contributed by atoms with E-state index in [2.05, 4.69) is 9.97 Å². The second kappa shape index (κ2) is 6.56. The smallest absolute Gasteiger partial charge is 0.299 e. The summed E-state index contributed by atoms with van der Waals surface area (Å²) in [5.41, 5.74) is 0.911. The summed E-state index contributed by atoms with van der Waals surface area (Å²) in [6.45, 7) is 0. The van der Waals surface area contributed by atoms with E-state index in [1.165, 1.54) is 41.2 Å². The maximum absolute atomic E-state index is 12.7. The minimum Gasteiger partial charge on any atom is -0.299 e. The molecular weight excluding hydrogens is 367 g/mol. The van der Waals surface area contributed by atoms with Gasteiger partial charge in [-0.3, -0.25) is 9.55 Å². The summed E-state index contributed by atoms with van der Waals surface area (Å²) < 4.78 is 62.9. The fourth-order valence-corrected chi connectivity index (χ4v) is 3.10. The Bertz CT molecular complexity index is 1010. The highest BCUT2D eigenvalue weighted by Crippen LogP contribution is 2.27. The third-order valence-corrected chi connectivity index (χ3v) is 4.73. The average Bonchev–Trinajstić information content (AvgIpc) is 2.97. The Labute approximate surface area is 148 Å². The van der Waals surface area contributed by atoms with Crippen LogP contribution in [0.4, 0.5) is 13.2 Å². The van der Waals surface area contributed by atoms with Gasteiger partial charge in [-0.15, -0.1) is 0 Å². The van der Waals surface area contributed by atoms with Gasteiger partial charge in [0, 0.05) is 36.1 Å². The molecule has 0 radical (unpaired) electrons. The number of benzene rings is 1. The number of alkyl halides is 3. The van der Waals surface area contributed by atoms with Crippen molar-refractivity contribution in [3.8, 4) is 17.1 Å². The molecule has 3 aromatic rings. The second-order valence-corrected chi connectivity index (χ2v) is 7.74. The monoisotopic (exact) mass is 381 g/mol. The number of sulfone groups is 1. The lowest BCUT2D eigenvalue weighted by molar-refractivity contribution is -0.127. The minimum absolute atomic E-state index is 0.125. The average molecular weight is 381 g/mol. The van der Waals surface area contributed by atoms with Gasteiger partial charge in [0.1, 0.15) is 5.82 Å². The van der Waals surface area contributed by atoms with Gasteiger partial charge in [-0.25, -0.2) is 13.4 Å². The number of hydrogen-bond donors (Lipinski definition) is 0. The van der Waals surface area contributed by atoms with Gasteiger partial charge in [0.2, 0.25) is 0 Å². The molecule has 136 valence electrons. The summed E-state index contributed by atoms with van der Waals surface area (Å²) in [6.07, 6.45) is -0.109. The first kappa shape index (κ1) is 18.1. The van der Waals surface area contributed by atoms with Gasteiger partial charge in [0.15, 0.2) is 9.84 Å². The lowest BCUT2D eigenvalue weighted by Crippen LogP contribution is -2.11. The number of nitrogens with zero attached hydrogens (tertiary/aromatic N) is 3. The van der Waals surface area contributed by atoms with Crippen LogP contribution in [0, 0.1) is 0 Å². The Hall–Kier alpha value is -2.68. The minimum atomic E-state index is -4.38. The lowest BCUT2D eigenvalue weighted by Gasteiger charge is -2.08. The number of rotatable bonds is 4. The topological polar surface area (TPSA) is 64.8 Å². The third kappa shape index (κ3) is 4.10. The van der Waals surface area contributed by atoms with Gasteiger partial charge in [-0.1, -0.05) is 0 Å². The molecule has 26 heavy (non-hydrogen) atoms.